The van der Waals surface area contributed by atoms with Crippen LogP contribution in [-0.4, -0.2) is 15.2 Å². The standard InChI is InChI=1S/C9H5ClN4S/c10-7-2-1-3-8(6(7)4-11)15-9-12-5-13-14-9/h1-3,5H,(H,12,13,14). The number of aromatic nitrogens is 3. The van der Waals surface area contributed by atoms with Crippen molar-refractivity contribution < 1.29 is 0 Å². The molecular formula is C9H5ClN4S. The van der Waals surface area contributed by atoms with Gasteiger partial charge in [0.25, 0.3) is 0 Å². The minimum atomic E-state index is 0.446. The molecule has 1 aromatic carbocycles. The van der Waals surface area contributed by atoms with Crippen LogP contribution in [0.25, 0.3) is 0 Å². The Morgan fingerprint density at radius 3 is 3.00 bits per heavy atom. The molecule has 0 aliphatic carbocycles. The van der Waals surface area contributed by atoms with E-state index < -0.39 is 0 Å². The quantitative estimate of drug-likeness (QED) is 0.870. The topological polar surface area (TPSA) is 65.4 Å². The molecule has 2 aromatic rings. The number of nitrogens with zero attached hydrogens (tertiary/aromatic N) is 3. The van der Waals surface area contributed by atoms with Gasteiger partial charge in [-0.05, 0) is 23.9 Å². The molecule has 0 fully saturated rings. The molecular weight excluding hydrogens is 232 g/mol. The van der Waals surface area contributed by atoms with Gasteiger partial charge in [-0.1, -0.05) is 17.7 Å². The van der Waals surface area contributed by atoms with Crippen molar-refractivity contribution in [2.24, 2.45) is 0 Å². The van der Waals surface area contributed by atoms with Crippen molar-refractivity contribution in [3.63, 3.8) is 0 Å². The van der Waals surface area contributed by atoms with Crippen molar-refractivity contribution in [2.75, 3.05) is 0 Å². The summed E-state index contributed by atoms with van der Waals surface area (Å²) in [6.45, 7) is 0. The smallest absolute Gasteiger partial charge is 0.188 e. The lowest BCUT2D eigenvalue weighted by Crippen LogP contribution is -1.83. The molecule has 0 unspecified atom stereocenters. The van der Waals surface area contributed by atoms with Crippen molar-refractivity contribution in [1.29, 1.82) is 5.26 Å². The maximum Gasteiger partial charge on any atom is 0.188 e. The number of hydrogen-bond acceptors (Lipinski definition) is 4. The number of H-pyrrole nitrogens is 1. The summed E-state index contributed by atoms with van der Waals surface area (Å²) in [4.78, 5) is 4.73. The van der Waals surface area contributed by atoms with Crippen molar-refractivity contribution >= 4 is 23.4 Å². The normalized spacial score (nSPS) is 9.87. The van der Waals surface area contributed by atoms with Crippen molar-refractivity contribution in [2.45, 2.75) is 10.1 Å². The zero-order valence-corrected chi connectivity index (χ0v) is 9.01. The summed E-state index contributed by atoms with van der Waals surface area (Å²) < 4.78 is 0. The van der Waals surface area contributed by atoms with E-state index in [1.165, 1.54) is 18.1 Å². The van der Waals surface area contributed by atoms with Crippen LogP contribution in [0.3, 0.4) is 0 Å². The van der Waals surface area contributed by atoms with Gasteiger partial charge < -0.3 is 0 Å². The van der Waals surface area contributed by atoms with Gasteiger partial charge >= 0.3 is 0 Å². The van der Waals surface area contributed by atoms with E-state index in [9.17, 15) is 0 Å². The lowest BCUT2D eigenvalue weighted by atomic mass is 10.2. The van der Waals surface area contributed by atoms with Gasteiger partial charge in [0.15, 0.2) is 5.16 Å². The highest BCUT2D eigenvalue weighted by molar-refractivity contribution is 7.99. The van der Waals surface area contributed by atoms with Crippen LogP contribution in [0.15, 0.2) is 34.6 Å². The predicted octanol–water partition coefficient (Wildman–Crippen LogP) is 2.48. The van der Waals surface area contributed by atoms with E-state index in [1.807, 2.05) is 6.07 Å². The molecule has 74 valence electrons. The molecule has 15 heavy (non-hydrogen) atoms. The molecule has 2 rings (SSSR count). The van der Waals surface area contributed by atoms with Gasteiger partial charge in [-0.25, -0.2) is 4.98 Å². The number of aromatic amines is 1. The first-order valence-corrected chi connectivity index (χ1v) is 5.22. The van der Waals surface area contributed by atoms with Gasteiger partial charge in [0, 0.05) is 4.90 Å². The molecule has 6 heteroatoms. The average molecular weight is 237 g/mol. The molecule has 1 heterocycles. The predicted molar refractivity (Wildman–Crippen MR) is 56.7 cm³/mol. The summed E-state index contributed by atoms with van der Waals surface area (Å²) in [7, 11) is 0. The van der Waals surface area contributed by atoms with Crippen LogP contribution in [0, 0.1) is 11.3 Å². The third-order valence-electron chi connectivity index (χ3n) is 1.69. The summed E-state index contributed by atoms with van der Waals surface area (Å²) in [6.07, 6.45) is 1.42. The molecule has 0 radical (unpaired) electrons. The van der Waals surface area contributed by atoms with Gasteiger partial charge in [0.2, 0.25) is 0 Å². The van der Waals surface area contributed by atoms with Crippen LogP contribution >= 0.6 is 23.4 Å². The highest BCUT2D eigenvalue weighted by Crippen LogP contribution is 2.30. The number of nitriles is 1. The van der Waals surface area contributed by atoms with E-state index >= 15 is 0 Å². The first-order chi connectivity index (χ1) is 7.31. The Balaban J connectivity index is 2.37. The fourth-order valence-electron chi connectivity index (χ4n) is 1.05. The first-order valence-electron chi connectivity index (χ1n) is 4.03. The van der Waals surface area contributed by atoms with E-state index in [0.29, 0.717) is 15.7 Å². The average Bonchev–Trinajstić information content (AvgIpc) is 2.71. The molecule has 0 aliphatic rings. The van der Waals surface area contributed by atoms with Gasteiger partial charge in [-0.3, -0.25) is 5.10 Å². The van der Waals surface area contributed by atoms with Crippen LogP contribution in [0.4, 0.5) is 0 Å². The monoisotopic (exact) mass is 236 g/mol. The van der Waals surface area contributed by atoms with E-state index in [4.69, 9.17) is 16.9 Å². The molecule has 0 aliphatic heterocycles. The molecule has 0 atom stereocenters. The largest absolute Gasteiger partial charge is 0.254 e. The summed E-state index contributed by atoms with van der Waals surface area (Å²) in [6, 6.07) is 7.36. The van der Waals surface area contributed by atoms with Crippen LogP contribution in [0.5, 0.6) is 0 Å². The van der Waals surface area contributed by atoms with Crippen LogP contribution in [0.2, 0.25) is 5.02 Å². The molecule has 0 bridgehead atoms. The Bertz CT molecular complexity index is 503. The SMILES string of the molecule is N#Cc1c(Cl)cccc1Sc1ncn[nH]1. The fourth-order valence-corrected chi connectivity index (χ4v) is 2.13. The second kappa shape index (κ2) is 4.34. The van der Waals surface area contributed by atoms with Gasteiger partial charge in [0.05, 0.1) is 10.6 Å². The Kier molecular flexibility index (Phi) is 2.90. The Morgan fingerprint density at radius 1 is 1.47 bits per heavy atom. The number of benzene rings is 1. The third kappa shape index (κ3) is 2.12. The summed E-state index contributed by atoms with van der Waals surface area (Å²) in [5.74, 6) is 0. The zero-order chi connectivity index (χ0) is 10.7. The third-order valence-corrected chi connectivity index (χ3v) is 2.95. The number of halogens is 1. The van der Waals surface area contributed by atoms with Crippen LogP contribution in [-0.2, 0) is 0 Å². The lowest BCUT2D eigenvalue weighted by Gasteiger charge is -2.01. The Labute approximate surface area is 95.3 Å². The molecule has 1 aromatic heterocycles. The second-order valence-corrected chi connectivity index (χ2v) is 4.06. The molecule has 0 spiro atoms. The van der Waals surface area contributed by atoms with Crippen LogP contribution in [0.1, 0.15) is 5.56 Å². The highest BCUT2D eigenvalue weighted by atomic mass is 35.5. The number of rotatable bonds is 2. The molecule has 0 saturated heterocycles. The van der Waals surface area contributed by atoms with Crippen LogP contribution < -0.4 is 0 Å². The summed E-state index contributed by atoms with van der Waals surface area (Å²) in [5.41, 5.74) is 0.459. The minimum Gasteiger partial charge on any atom is -0.254 e. The molecule has 0 amide bonds. The van der Waals surface area contributed by atoms with Crippen molar-refractivity contribution in [1.82, 2.24) is 15.2 Å². The van der Waals surface area contributed by atoms with E-state index in [2.05, 4.69) is 21.3 Å². The summed E-state index contributed by atoms with van der Waals surface area (Å²) >= 11 is 7.21. The maximum absolute atomic E-state index is 8.93. The zero-order valence-electron chi connectivity index (χ0n) is 7.44. The molecule has 4 nitrogen and oxygen atoms in total. The fraction of sp³-hybridized carbons (Fsp3) is 0. The second-order valence-electron chi connectivity index (χ2n) is 2.62. The number of hydrogen-bond donors (Lipinski definition) is 1. The molecule has 0 saturated carbocycles. The van der Waals surface area contributed by atoms with E-state index in [-0.39, 0.29) is 0 Å². The lowest BCUT2D eigenvalue weighted by molar-refractivity contribution is 0.973. The van der Waals surface area contributed by atoms with Crippen molar-refractivity contribution in [3.05, 3.63) is 35.1 Å². The van der Waals surface area contributed by atoms with E-state index in [1.54, 1.807) is 12.1 Å². The van der Waals surface area contributed by atoms with Gasteiger partial charge in [-0.2, -0.15) is 10.4 Å². The minimum absolute atomic E-state index is 0.446. The number of nitrogens with one attached hydrogen (secondary N) is 1. The highest BCUT2D eigenvalue weighted by Gasteiger charge is 2.08. The maximum atomic E-state index is 8.93. The van der Waals surface area contributed by atoms with Gasteiger partial charge in [0.1, 0.15) is 12.4 Å². The Hall–Kier alpha value is -1.51. The van der Waals surface area contributed by atoms with Crippen molar-refractivity contribution in [3.8, 4) is 6.07 Å². The van der Waals surface area contributed by atoms with E-state index in [0.717, 1.165) is 4.90 Å². The Morgan fingerprint density at radius 2 is 2.33 bits per heavy atom. The summed E-state index contributed by atoms with van der Waals surface area (Å²) in [5, 5.41) is 16.4. The first kappa shape index (κ1) is 10.0. The van der Waals surface area contributed by atoms with Gasteiger partial charge in [-0.15, -0.1) is 0 Å². The molecule has 1 N–H and O–H groups in total.